The molecule has 0 saturated heterocycles. The smallest absolute Gasteiger partial charge is 0.320 e. The number of fused-ring (bicyclic) bond motifs is 1. The van der Waals surface area contributed by atoms with Crippen LogP contribution in [0.5, 0.6) is 5.75 Å². The van der Waals surface area contributed by atoms with Gasteiger partial charge in [-0.05, 0) is 58.3 Å². The van der Waals surface area contributed by atoms with Crippen LogP contribution >= 0.6 is 0 Å². The van der Waals surface area contributed by atoms with E-state index < -0.39 is 49.5 Å². The van der Waals surface area contributed by atoms with Crippen LogP contribution in [-0.2, 0) is 34.9 Å². The number of hydrogen-bond donors (Lipinski definition) is 0. The van der Waals surface area contributed by atoms with Crippen molar-refractivity contribution < 1.29 is 33.0 Å². The number of rotatable bonds is 13. The minimum absolute atomic E-state index is 0.0281. The molecule has 6 atom stereocenters. The van der Waals surface area contributed by atoms with Gasteiger partial charge in [0.2, 0.25) is 0 Å². The Bertz CT molecular complexity index is 1580. The topological polar surface area (TPSA) is 88.1 Å². The van der Waals surface area contributed by atoms with Gasteiger partial charge in [-0.2, -0.15) is 0 Å². The molecule has 266 valence electrons. The number of esters is 1. The lowest BCUT2D eigenvalue weighted by molar-refractivity contribution is -0.192. The lowest BCUT2D eigenvalue weighted by atomic mass is 9.46. The van der Waals surface area contributed by atoms with E-state index in [0.29, 0.717) is 25.9 Å². The summed E-state index contributed by atoms with van der Waals surface area (Å²) in [7, 11) is -0.170. The van der Waals surface area contributed by atoms with E-state index >= 15 is 0 Å². The van der Waals surface area contributed by atoms with Crippen molar-refractivity contribution in [2.75, 3.05) is 20.8 Å². The Morgan fingerprint density at radius 1 is 0.940 bits per heavy atom. The Morgan fingerprint density at radius 3 is 2.06 bits per heavy atom. The quantitative estimate of drug-likeness (QED) is 0.0646. The zero-order valence-corrected chi connectivity index (χ0v) is 31.4. The van der Waals surface area contributed by atoms with Crippen molar-refractivity contribution >= 4 is 36.2 Å². The molecule has 0 spiro atoms. The number of allylic oxidation sites excluding steroid dienone is 1. The first kappa shape index (κ1) is 37.4. The summed E-state index contributed by atoms with van der Waals surface area (Å²) in [6, 6.07) is 28.3. The summed E-state index contributed by atoms with van der Waals surface area (Å²) >= 11 is 0. The Hall–Kier alpha value is -3.85. The molecular formula is C42H52O7Si. The fourth-order valence-corrected chi connectivity index (χ4v) is 13.7. The SMILES string of the molecule is C=CC[C@H]1C(=O)[C@@H](C)[C@@H](CCOCc2ccc(OC)cc2)[C@]2(C(=O)OC)C(=O)CC[C@@H](O[Si](c3ccccc3)(c3ccccc3)C(C)(C)C)[C@H]12. The monoisotopic (exact) mass is 696 g/mol. The van der Waals surface area contributed by atoms with Crippen LogP contribution in [0.3, 0.4) is 0 Å². The molecule has 50 heavy (non-hydrogen) atoms. The molecular weight excluding hydrogens is 645 g/mol. The molecule has 0 aromatic heterocycles. The number of carbonyl (C=O) groups excluding carboxylic acids is 3. The molecule has 2 aliphatic rings. The van der Waals surface area contributed by atoms with E-state index in [0.717, 1.165) is 21.7 Å². The number of Topliss-reactive ketones (excluding diaryl/α,β-unsaturated/α-hetero) is 2. The highest BCUT2D eigenvalue weighted by atomic mass is 28.4. The average Bonchev–Trinajstić information content (AvgIpc) is 3.13. The molecule has 8 heteroatoms. The molecule has 0 unspecified atom stereocenters. The second-order valence-corrected chi connectivity index (χ2v) is 19.0. The molecule has 0 bridgehead atoms. The van der Waals surface area contributed by atoms with Gasteiger partial charge in [-0.15, -0.1) is 6.58 Å². The van der Waals surface area contributed by atoms with Crippen molar-refractivity contribution in [2.45, 2.75) is 71.1 Å². The van der Waals surface area contributed by atoms with Gasteiger partial charge < -0.3 is 18.6 Å². The first-order valence-corrected chi connectivity index (χ1v) is 19.6. The van der Waals surface area contributed by atoms with Gasteiger partial charge in [-0.1, -0.05) is 107 Å². The van der Waals surface area contributed by atoms with Crippen LogP contribution < -0.4 is 15.1 Å². The van der Waals surface area contributed by atoms with Crippen molar-refractivity contribution in [1.82, 2.24) is 0 Å². The van der Waals surface area contributed by atoms with Gasteiger partial charge in [-0.25, -0.2) is 0 Å². The second-order valence-electron chi connectivity index (χ2n) is 14.8. The third kappa shape index (κ3) is 6.65. The highest BCUT2D eigenvalue weighted by Gasteiger charge is 2.70. The molecule has 0 radical (unpaired) electrons. The van der Waals surface area contributed by atoms with Crippen LogP contribution in [0.1, 0.15) is 58.9 Å². The predicted octanol–water partition coefficient (Wildman–Crippen LogP) is 6.71. The summed E-state index contributed by atoms with van der Waals surface area (Å²) in [4.78, 5) is 43.5. The number of benzene rings is 3. The van der Waals surface area contributed by atoms with Crippen molar-refractivity contribution in [3.63, 3.8) is 0 Å². The fourth-order valence-electron chi connectivity index (χ4n) is 8.94. The molecule has 7 nitrogen and oxygen atoms in total. The zero-order chi connectivity index (χ0) is 36.1. The Labute approximate surface area is 298 Å². The molecule has 0 amide bonds. The van der Waals surface area contributed by atoms with Crippen molar-refractivity contribution in [3.8, 4) is 5.75 Å². The number of ether oxygens (including phenoxy) is 3. The third-order valence-electron chi connectivity index (χ3n) is 11.2. The summed E-state index contributed by atoms with van der Waals surface area (Å²) in [5, 5.41) is 1.84. The minimum Gasteiger partial charge on any atom is -0.497 e. The number of hydrogen-bond acceptors (Lipinski definition) is 7. The zero-order valence-electron chi connectivity index (χ0n) is 30.4. The molecule has 3 aromatic carbocycles. The van der Waals surface area contributed by atoms with Gasteiger partial charge >= 0.3 is 5.97 Å². The van der Waals surface area contributed by atoms with E-state index in [1.54, 1.807) is 13.2 Å². The van der Waals surface area contributed by atoms with E-state index in [4.69, 9.17) is 18.6 Å². The normalized spacial score (nSPS) is 25.4. The van der Waals surface area contributed by atoms with Gasteiger partial charge in [0.25, 0.3) is 8.32 Å². The van der Waals surface area contributed by atoms with E-state index in [1.165, 1.54) is 7.11 Å². The standard InChI is InChI=1S/C42H52O7Si/c1-8-15-34-38-36(49-50(41(3,4)5,32-16-11-9-12-17-32)33-18-13-10-14-19-33)24-25-37(43)42(38,40(45)47-7)35(29(2)39(34)44)26-27-48-28-30-20-22-31(46-6)23-21-30/h8-14,16-23,29,34-36,38H,1,15,24-28H2,2-7H3/t29-,34+,35+,36+,38-,42-/m0/s1. The minimum atomic E-state index is -3.14. The molecule has 0 aliphatic heterocycles. The maximum atomic E-state index is 14.6. The Morgan fingerprint density at radius 2 is 1.54 bits per heavy atom. The van der Waals surface area contributed by atoms with Crippen LogP contribution in [0.2, 0.25) is 5.04 Å². The van der Waals surface area contributed by atoms with Gasteiger partial charge in [0, 0.05) is 30.8 Å². The number of methoxy groups -OCH3 is 2. The first-order valence-electron chi connectivity index (χ1n) is 17.7. The molecule has 0 heterocycles. The first-order chi connectivity index (χ1) is 24.0. The van der Waals surface area contributed by atoms with Crippen molar-refractivity contribution in [1.29, 1.82) is 0 Å². The van der Waals surface area contributed by atoms with Crippen molar-refractivity contribution in [3.05, 3.63) is 103 Å². The van der Waals surface area contributed by atoms with Crippen LogP contribution in [-0.4, -0.2) is 52.8 Å². The van der Waals surface area contributed by atoms with Crippen LogP contribution in [0.25, 0.3) is 0 Å². The maximum absolute atomic E-state index is 14.6. The Kier molecular flexibility index (Phi) is 11.7. The van der Waals surface area contributed by atoms with E-state index in [1.807, 2.05) is 67.6 Å². The highest BCUT2D eigenvalue weighted by Crippen LogP contribution is 2.59. The van der Waals surface area contributed by atoms with Crippen molar-refractivity contribution in [2.24, 2.45) is 29.1 Å². The summed E-state index contributed by atoms with van der Waals surface area (Å²) in [5.74, 6) is -2.54. The van der Waals surface area contributed by atoms with Crippen LogP contribution in [0, 0.1) is 29.1 Å². The summed E-state index contributed by atoms with van der Waals surface area (Å²) in [6.45, 7) is 13.1. The van der Waals surface area contributed by atoms with Gasteiger partial charge in [0.1, 0.15) is 16.9 Å². The lowest BCUT2D eigenvalue weighted by Crippen LogP contribution is -2.72. The van der Waals surface area contributed by atoms with Crippen LogP contribution in [0.4, 0.5) is 0 Å². The fraction of sp³-hybridized carbons (Fsp3) is 0.452. The molecule has 2 fully saturated rings. The third-order valence-corrected chi connectivity index (χ3v) is 16.2. The number of ketones is 2. The molecule has 5 rings (SSSR count). The molecule has 0 N–H and O–H groups in total. The van der Waals surface area contributed by atoms with Crippen LogP contribution in [0.15, 0.2) is 97.6 Å². The van der Waals surface area contributed by atoms with Gasteiger partial charge in [0.05, 0.1) is 26.9 Å². The van der Waals surface area contributed by atoms with E-state index in [9.17, 15) is 14.4 Å². The second kappa shape index (κ2) is 15.6. The molecule has 3 aromatic rings. The summed E-state index contributed by atoms with van der Waals surface area (Å²) in [5.41, 5.74) is -0.606. The number of carbonyl (C=O) groups is 3. The lowest BCUT2D eigenvalue weighted by Gasteiger charge is -2.58. The average molecular weight is 697 g/mol. The van der Waals surface area contributed by atoms with E-state index in [2.05, 4.69) is 51.6 Å². The summed E-state index contributed by atoms with van der Waals surface area (Å²) in [6.07, 6.45) is 2.40. The largest absolute Gasteiger partial charge is 0.497 e. The summed E-state index contributed by atoms with van der Waals surface area (Å²) < 4.78 is 24.7. The van der Waals surface area contributed by atoms with Gasteiger partial charge in [0.15, 0.2) is 5.78 Å². The predicted molar refractivity (Wildman–Crippen MR) is 198 cm³/mol. The maximum Gasteiger partial charge on any atom is 0.320 e. The van der Waals surface area contributed by atoms with E-state index in [-0.39, 0.29) is 29.6 Å². The Balaban J connectivity index is 1.61. The highest BCUT2D eigenvalue weighted by molar-refractivity contribution is 6.99. The van der Waals surface area contributed by atoms with Gasteiger partial charge in [-0.3, -0.25) is 14.4 Å². The molecule has 2 saturated carbocycles. The molecule has 2 aliphatic carbocycles.